The van der Waals surface area contributed by atoms with E-state index in [1.807, 2.05) is 60.7 Å². The first-order chi connectivity index (χ1) is 22.7. The summed E-state index contributed by atoms with van der Waals surface area (Å²) in [6.07, 6.45) is 6.92. The molecule has 3 saturated heterocycles. The lowest BCUT2D eigenvalue weighted by molar-refractivity contribution is -0.128. The number of fused-ring (bicyclic) bond motifs is 3. The molecule has 11 nitrogen and oxygen atoms in total. The van der Waals surface area contributed by atoms with Gasteiger partial charge in [0.25, 0.3) is 5.91 Å². The number of carbonyl (C=O) groups is 1. The summed E-state index contributed by atoms with van der Waals surface area (Å²) in [6, 6.07) is 21.0. The number of benzene rings is 2. The minimum Gasteiger partial charge on any atom is -0.457 e. The molecule has 0 saturated carbocycles. The van der Waals surface area contributed by atoms with Gasteiger partial charge in [0, 0.05) is 36.9 Å². The number of anilines is 1. The highest BCUT2D eigenvalue weighted by atomic mass is 16.5. The highest BCUT2D eigenvalue weighted by Gasteiger charge is 2.44. The topological polar surface area (TPSA) is 132 Å². The Balaban J connectivity index is 1.17. The number of ether oxygens (including phenoxy) is 2. The molecule has 1 amide bonds. The maximum Gasteiger partial charge on any atom is 0.334 e. The molecule has 0 spiro atoms. The second-order valence-corrected chi connectivity index (χ2v) is 13.2. The molecule has 2 N–H and O–H groups in total. The number of hydrogen-bond acceptors (Lipinski definition) is 8. The normalized spacial score (nSPS) is 21.9. The van der Waals surface area contributed by atoms with Crippen molar-refractivity contribution in [2.45, 2.75) is 63.2 Å². The van der Waals surface area contributed by atoms with E-state index in [1.165, 1.54) is 0 Å². The van der Waals surface area contributed by atoms with E-state index in [9.17, 15) is 14.9 Å². The number of nitrogens with zero attached hydrogens (tertiary/aromatic N) is 6. The van der Waals surface area contributed by atoms with Gasteiger partial charge in [-0.05, 0) is 88.1 Å². The number of likely N-dealkylation sites (tertiary alicyclic amines) is 1. The molecular weight excluding hydrogens is 594 g/mol. The largest absolute Gasteiger partial charge is 0.457 e. The Labute approximate surface area is 273 Å². The number of aromatic nitrogens is 3. The molecule has 47 heavy (non-hydrogen) atoms. The number of nitrogens with two attached hydrogens (primary N) is 1. The summed E-state index contributed by atoms with van der Waals surface area (Å²) in [5, 5.41) is 10.2. The van der Waals surface area contributed by atoms with Crippen LogP contribution in [-0.2, 0) is 9.53 Å². The molecule has 11 heteroatoms. The molecule has 2 aromatic heterocycles. The third-order valence-electron chi connectivity index (χ3n) is 9.69. The Morgan fingerprint density at radius 2 is 1.72 bits per heavy atom. The van der Waals surface area contributed by atoms with Crippen LogP contribution in [0.25, 0.3) is 16.7 Å². The number of piperidine rings is 1. The lowest BCUT2D eigenvalue weighted by Gasteiger charge is -2.44. The summed E-state index contributed by atoms with van der Waals surface area (Å²) in [7, 11) is 0. The number of nitriles is 1. The van der Waals surface area contributed by atoms with Crippen molar-refractivity contribution in [1.82, 2.24) is 23.9 Å². The minimum absolute atomic E-state index is 0.127. The van der Waals surface area contributed by atoms with Gasteiger partial charge in [-0.15, -0.1) is 0 Å². The second kappa shape index (κ2) is 12.4. The zero-order chi connectivity index (χ0) is 32.7. The van der Waals surface area contributed by atoms with Crippen LogP contribution < -0.4 is 16.2 Å². The number of para-hydroxylation sites is 1. The molecular formula is C36H39N7O4. The van der Waals surface area contributed by atoms with Gasteiger partial charge in [-0.2, -0.15) is 5.26 Å². The van der Waals surface area contributed by atoms with Crippen molar-refractivity contribution in [3.63, 3.8) is 0 Å². The second-order valence-electron chi connectivity index (χ2n) is 13.2. The summed E-state index contributed by atoms with van der Waals surface area (Å²) >= 11 is 0. The average molecular weight is 634 g/mol. The molecule has 242 valence electrons. The number of hydrogen-bond donors (Lipinski definition) is 1. The van der Waals surface area contributed by atoms with Gasteiger partial charge in [0.05, 0.1) is 30.5 Å². The molecule has 0 unspecified atom stereocenters. The van der Waals surface area contributed by atoms with Crippen LogP contribution in [0, 0.1) is 11.3 Å². The number of carbonyl (C=O) groups excluding carboxylic acids is 1. The van der Waals surface area contributed by atoms with Crippen molar-refractivity contribution in [3.8, 4) is 23.3 Å². The number of nitrogen functional groups attached to an aromatic ring is 1. The van der Waals surface area contributed by atoms with Gasteiger partial charge in [-0.3, -0.25) is 18.8 Å². The zero-order valence-corrected chi connectivity index (χ0v) is 26.7. The highest BCUT2D eigenvalue weighted by molar-refractivity contribution is 5.97. The van der Waals surface area contributed by atoms with E-state index in [0.717, 1.165) is 12.8 Å². The summed E-state index contributed by atoms with van der Waals surface area (Å²) < 4.78 is 15.0. The first kappa shape index (κ1) is 30.7. The maximum atomic E-state index is 14.2. The van der Waals surface area contributed by atoms with E-state index in [-0.39, 0.29) is 41.1 Å². The Morgan fingerprint density at radius 3 is 2.43 bits per heavy atom. The number of rotatable bonds is 7. The fourth-order valence-corrected chi connectivity index (χ4v) is 7.73. The van der Waals surface area contributed by atoms with Crippen LogP contribution in [-0.4, -0.2) is 73.8 Å². The van der Waals surface area contributed by atoms with Crippen molar-refractivity contribution < 1.29 is 14.3 Å². The molecule has 3 atom stereocenters. The first-order valence-corrected chi connectivity index (χ1v) is 16.2. The van der Waals surface area contributed by atoms with Gasteiger partial charge in [-0.1, -0.05) is 18.2 Å². The van der Waals surface area contributed by atoms with E-state index >= 15 is 0 Å². The zero-order valence-electron chi connectivity index (χ0n) is 26.7. The van der Waals surface area contributed by atoms with Gasteiger partial charge in [0.2, 0.25) is 0 Å². The summed E-state index contributed by atoms with van der Waals surface area (Å²) in [5.41, 5.74) is 7.54. The lowest BCUT2D eigenvalue weighted by Crippen LogP contribution is -2.55. The average Bonchev–Trinajstić information content (AvgIpc) is 3.54. The fraction of sp³-hybridized carbons (Fsp3) is 0.389. The van der Waals surface area contributed by atoms with Gasteiger partial charge >= 0.3 is 5.69 Å². The molecule has 2 aromatic carbocycles. The predicted molar refractivity (Wildman–Crippen MR) is 178 cm³/mol. The number of pyridine rings is 1. The molecule has 3 aliphatic heterocycles. The molecule has 2 bridgehead atoms. The first-order valence-electron chi connectivity index (χ1n) is 16.2. The van der Waals surface area contributed by atoms with Crippen LogP contribution in [0.1, 0.15) is 45.6 Å². The molecule has 3 fully saturated rings. The number of amides is 1. The highest BCUT2D eigenvalue weighted by Crippen LogP contribution is 2.37. The van der Waals surface area contributed by atoms with Crippen molar-refractivity contribution >= 4 is 22.8 Å². The lowest BCUT2D eigenvalue weighted by atomic mass is 9.95. The van der Waals surface area contributed by atoms with E-state index in [0.29, 0.717) is 67.4 Å². The van der Waals surface area contributed by atoms with Crippen molar-refractivity contribution in [2.75, 3.05) is 32.0 Å². The molecule has 7 rings (SSSR count). The minimum atomic E-state index is -0.484. The SMILES string of the molecule is CC(C)(/C=C(/C#N)C(=O)N1CCC[C@@H](n2c(=O)n(-c3ccc(Oc4ccccc4)cc3)c3c(N)nccc32)C1)N1[C@@H]2CC[C@H]1COC2. The number of morpholine rings is 1. The van der Waals surface area contributed by atoms with E-state index < -0.39 is 5.54 Å². The molecule has 0 aliphatic carbocycles. The van der Waals surface area contributed by atoms with Crippen LogP contribution in [0.3, 0.4) is 0 Å². The van der Waals surface area contributed by atoms with Crippen LogP contribution in [0.15, 0.2) is 83.3 Å². The summed E-state index contributed by atoms with van der Waals surface area (Å²) in [5.74, 6) is 1.28. The van der Waals surface area contributed by atoms with E-state index in [2.05, 4.69) is 29.8 Å². The van der Waals surface area contributed by atoms with Crippen LogP contribution >= 0.6 is 0 Å². The summed E-state index contributed by atoms with van der Waals surface area (Å²) in [4.78, 5) is 36.5. The number of imidazole rings is 1. The van der Waals surface area contributed by atoms with Crippen LogP contribution in [0.4, 0.5) is 5.82 Å². The molecule has 3 aliphatic rings. The standard InChI is InChI=1S/C36H39N7O4/c1-36(2,43-27-10-11-28(43)23-46-22-27)19-24(20-37)34(44)40-18-6-7-26(21-40)41-31-16-17-39-33(38)32(31)42(35(41)45)25-12-14-30(15-13-25)47-29-8-4-3-5-9-29/h3-5,8-9,12-17,19,26-28H,6-7,10-11,18,21-23H2,1-2H3,(H2,38,39)/b24-19-/t26-,27-,28+/m1/s1. The fourth-order valence-electron chi connectivity index (χ4n) is 7.73. The quantitative estimate of drug-likeness (QED) is 0.227. The Bertz CT molecular complexity index is 1910. The monoisotopic (exact) mass is 633 g/mol. The van der Waals surface area contributed by atoms with Crippen molar-refractivity contribution in [1.29, 1.82) is 5.26 Å². The Morgan fingerprint density at radius 1 is 1.02 bits per heavy atom. The van der Waals surface area contributed by atoms with Gasteiger partial charge in [0.15, 0.2) is 0 Å². The van der Waals surface area contributed by atoms with Gasteiger partial charge in [0.1, 0.15) is 34.5 Å². The smallest absolute Gasteiger partial charge is 0.334 e. The predicted octanol–water partition coefficient (Wildman–Crippen LogP) is 4.82. The third kappa shape index (κ3) is 5.68. The van der Waals surface area contributed by atoms with Crippen LogP contribution in [0.5, 0.6) is 11.5 Å². The molecule has 5 heterocycles. The van der Waals surface area contributed by atoms with Crippen LogP contribution in [0.2, 0.25) is 0 Å². The third-order valence-corrected chi connectivity index (χ3v) is 9.69. The maximum absolute atomic E-state index is 14.2. The van der Waals surface area contributed by atoms with E-state index in [4.69, 9.17) is 15.2 Å². The summed E-state index contributed by atoms with van der Waals surface area (Å²) in [6.45, 7) is 6.29. The van der Waals surface area contributed by atoms with Crippen molar-refractivity contribution in [3.05, 3.63) is 89.0 Å². The van der Waals surface area contributed by atoms with Gasteiger partial charge in [-0.25, -0.2) is 9.78 Å². The molecule has 4 aromatic rings. The Hall–Kier alpha value is -4.92. The van der Waals surface area contributed by atoms with E-state index in [1.54, 1.807) is 26.3 Å². The van der Waals surface area contributed by atoms with Crippen molar-refractivity contribution in [2.24, 2.45) is 0 Å². The van der Waals surface area contributed by atoms with Gasteiger partial charge < -0.3 is 20.1 Å². The molecule has 0 radical (unpaired) electrons. The Kier molecular flexibility index (Phi) is 8.08.